The van der Waals surface area contributed by atoms with Crippen LogP contribution in [0.5, 0.6) is 17.2 Å². The summed E-state index contributed by atoms with van der Waals surface area (Å²) in [5.41, 5.74) is 1.06. The molecule has 0 saturated heterocycles. The summed E-state index contributed by atoms with van der Waals surface area (Å²) in [7, 11) is 0. The summed E-state index contributed by atoms with van der Waals surface area (Å²) in [6.07, 6.45) is -5.00. The fourth-order valence-corrected chi connectivity index (χ4v) is 6.01. The molecule has 0 spiro atoms. The van der Waals surface area contributed by atoms with Gasteiger partial charge in [-0.3, -0.25) is 4.79 Å². The van der Waals surface area contributed by atoms with Crippen LogP contribution in [0.4, 0.5) is 17.6 Å². The zero-order chi connectivity index (χ0) is 31.3. The third-order valence-electron chi connectivity index (χ3n) is 8.02. The SMILES string of the molecule is Cc1cc(OCCC(C)(C)O)cc(C)c1-c1cc(C(F)(F)F)c(F)c2c1CCC2Oc1ccc2c(c1)OC[C@H]2CC(=O)O. The molecule has 10 heteroatoms. The van der Waals surface area contributed by atoms with Crippen LogP contribution < -0.4 is 14.2 Å². The van der Waals surface area contributed by atoms with Gasteiger partial charge >= 0.3 is 12.1 Å². The molecular formula is C33H34F4O6. The number of alkyl halides is 3. The normalized spacial score (nSPS) is 17.8. The van der Waals surface area contributed by atoms with Gasteiger partial charge in [-0.05, 0) is 92.6 Å². The van der Waals surface area contributed by atoms with Crippen molar-refractivity contribution in [2.24, 2.45) is 0 Å². The molecule has 2 N–H and O–H groups in total. The predicted octanol–water partition coefficient (Wildman–Crippen LogP) is 7.69. The van der Waals surface area contributed by atoms with E-state index in [-0.39, 0.29) is 37.5 Å². The molecule has 0 aromatic heterocycles. The summed E-state index contributed by atoms with van der Waals surface area (Å²) >= 11 is 0. The van der Waals surface area contributed by atoms with E-state index in [1.165, 1.54) is 0 Å². The Morgan fingerprint density at radius 1 is 1.07 bits per heavy atom. The topological polar surface area (TPSA) is 85.2 Å². The van der Waals surface area contributed by atoms with Crippen molar-refractivity contribution in [2.45, 2.75) is 77.2 Å². The third kappa shape index (κ3) is 6.44. The Labute approximate surface area is 247 Å². The smallest absolute Gasteiger partial charge is 0.419 e. The van der Waals surface area contributed by atoms with E-state index in [0.717, 1.165) is 6.07 Å². The molecule has 2 aliphatic rings. The lowest BCUT2D eigenvalue weighted by atomic mass is 9.88. The molecule has 43 heavy (non-hydrogen) atoms. The van der Waals surface area contributed by atoms with E-state index in [1.54, 1.807) is 58.0 Å². The van der Waals surface area contributed by atoms with E-state index in [4.69, 9.17) is 19.3 Å². The molecular weight excluding hydrogens is 568 g/mol. The number of fused-ring (bicyclic) bond motifs is 2. The van der Waals surface area contributed by atoms with Crippen LogP contribution in [0, 0.1) is 19.7 Å². The van der Waals surface area contributed by atoms with Gasteiger partial charge in [0.05, 0.1) is 30.8 Å². The molecule has 6 nitrogen and oxygen atoms in total. The summed E-state index contributed by atoms with van der Waals surface area (Å²) in [5, 5.41) is 19.1. The summed E-state index contributed by atoms with van der Waals surface area (Å²) in [4.78, 5) is 11.2. The highest BCUT2D eigenvalue weighted by atomic mass is 19.4. The molecule has 1 heterocycles. The molecule has 1 aliphatic heterocycles. The quantitative estimate of drug-likeness (QED) is 0.245. The minimum atomic E-state index is -4.93. The maximum absolute atomic E-state index is 15.7. The largest absolute Gasteiger partial charge is 0.493 e. The summed E-state index contributed by atoms with van der Waals surface area (Å²) in [6.45, 7) is 7.37. The minimum absolute atomic E-state index is 0.0931. The Balaban J connectivity index is 1.50. The molecule has 5 rings (SSSR count). The molecule has 0 amide bonds. The number of carboxylic acid groups (broad SMARTS) is 1. The average Bonchev–Trinajstić information content (AvgIpc) is 3.47. The first-order valence-electron chi connectivity index (χ1n) is 14.2. The first-order valence-corrected chi connectivity index (χ1v) is 14.2. The zero-order valence-electron chi connectivity index (χ0n) is 24.4. The molecule has 1 unspecified atom stereocenters. The second kappa shape index (κ2) is 11.4. The molecule has 0 radical (unpaired) electrons. The second-order valence-electron chi connectivity index (χ2n) is 12.0. The zero-order valence-corrected chi connectivity index (χ0v) is 24.4. The maximum atomic E-state index is 15.7. The van der Waals surface area contributed by atoms with Gasteiger partial charge in [0.15, 0.2) is 0 Å². The van der Waals surface area contributed by atoms with E-state index in [2.05, 4.69) is 0 Å². The van der Waals surface area contributed by atoms with Gasteiger partial charge in [-0.1, -0.05) is 6.07 Å². The first kappa shape index (κ1) is 30.7. The lowest BCUT2D eigenvalue weighted by Crippen LogP contribution is -2.21. The lowest BCUT2D eigenvalue weighted by molar-refractivity contribution is -0.140. The van der Waals surface area contributed by atoms with Crippen molar-refractivity contribution in [3.05, 3.63) is 75.6 Å². The lowest BCUT2D eigenvalue weighted by Gasteiger charge is -2.22. The van der Waals surface area contributed by atoms with Crippen molar-refractivity contribution in [2.75, 3.05) is 13.2 Å². The van der Waals surface area contributed by atoms with Crippen molar-refractivity contribution in [3.8, 4) is 28.4 Å². The minimum Gasteiger partial charge on any atom is -0.493 e. The number of ether oxygens (including phenoxy) is 3. The molecule has 3 aromatic carbocycles. The van der Waals surface area contributed by atoms with Gasteiger partial charge in [0, 0.05) is 29.5 Å². The van der Waals surface area contributed by atoms with Gasteiger partial charge in [0.25, 0.3) is 0 Å². The standard InChI is InChI=1S/C33H34F4O6/c1-17-11-21(41-10-9-32(3,4)40)12-18(2)29(17)24-15-25(33(35,36)37)31(34)30-23(24)7-8-26(30)43-20-5-6-22-19(13-28(38)39)16-42-27(22)14-20/h5-6,11-12,14-15,19,26,40H,7-10,13,16H2,1-4H3,(H,38,39)/t19-,26?/m1/s1. The Morgan fingerprint density at radius 3 is 2.40 bits per heavy atom. The summed E-state index contributed by atoms with van der Waals surface area (Å²) in [5.74, 6) is -1.32. The van der Waals surface area contributed by atoms with E-state index in [0.29, 0.717) is 63.5 Å². The highest BCUT2D eigenvalue weighted by Gasteiger charge is 2.41. The number of hydrogen-bond donors (Lipinski definition) is 2. The average molecular weight is 603 g/mol. The van der Waals surface area contributed by atoms with E-state index < -0.39 is 35.2 Å². The number of aliphatic hydroxyl groups is 1. The van der Waals surface area contributed by atoms with Crippen LogP contribution in [-0.4, -0.2) is 35.0 Å². The number of halogens is 4. The van der Waals surface area contributed by atoms with Gasteiger partial charge in [-0.2, -0.15) is 13.2 Å². The van der Waals surface area contributed by atoms with Crippen LogP contribution in [0.3, 0.4) is 0 Å². The monoisotopic (exact) mass is 602 g/mol. The molecule has 0 saturated carbocycles. The molecule has 0 bridgehead atoms. The van der Waals surface area contributed by atoms with Crippen molar-refractivity contribution in [1.82, 2.24) is 0 Å². The summed E-state index contributed by atoms with van der Waals surface area (Å²) < 4.78 is 75.7. The fourth-order valence-electron chi connectivity index (χ4n) is 6.01. The predicted molar refractivity (Wildman–Crippen MR) is 151 cm³/mol. The molecule has 230 valence electrons. The Hall–Kier alpha value is -3.79. The van der Waals surface area contributed by atoms with Gasteiger partial charge < -0.3 is 24.4 Å². The van der Waals surface area contributed by atoms with Gasteiger partial charge in [-0.25, -0.2) is 4.39 Å². The van der Waals surface area contributed by atoms with Crippen LogP contribution in [0.2, 0.25) is 0 Å². The van der Waals surface area contributed by atoms with Crippen LogP contribution in [0.25, 0.3) is 11.1 Å². The highest BCUT2D eigenvalue weighted by molar-refractivity contribution is 5.77. The van der Waals surface area contributed by atoms with Crippen LogP contribution in [0.1, 0.15) is 78.5 Å². The molecule has 1 aliphatic carbocycles. The number of carboxylic acids is 1. The van der Waals surface area contributed by atoms with Gasteiger partial charge in [0.1, 0.15) is 29.2 Å². The van der Waals surface area contributed by atoms with Gasteiger partial charge in [-0.15, -0.1) is 0 Å². The fraction of sp³-hybridized carbons (Fsp3) is 0.424. The van der Waals surface area contributed by atoms with Crippen molar-refractivity contribution < 1.29 is 46.8 Å². The highest BCUT2D eigenvalue weighted by Crippen LogP contribution is 2.48. The van der Waals surface area contributed by atoms with E-state index in [1.807, 2.05) is 0 Å². The van der Waals surface area contributed by atoms with Crippen LogP contribution >= 0.6 is 0 Å². The van der Waals surface area contributed by atoms with Crippen LogP contribution in [-0.2, 0) is 17.4 Å². The number of rotatable bonds is 9. The molecule has 0 fully saturated rings. The number of hydrogen-bond acceptors (Lipinski definition) is 5. The van der Waals surface area contributed by atoms with Gasteiger partial charge in [0.2, 0.25) is 0 Å². The summed E-state index contributed by atoms with van der Waals surface area (Å²) in [6, 6.07) is 9.24. The number of aryl methyl sites for hydroxylation is 2. The molecule has 2 atom stereocenters. The maximum Gasteiger partial charge on any atom is 0.419 e. The molecule has 3 aromatic rings. The third-order valence-corrected chi connectivity index (χ3v) is 8.02. The van der Waals surface area contributed by atoms with Crippen molar-refractivity contribution in [3.63, 3.8) is 0 Å². The number of aliphatic carboxylic acids is 1. The Bertz CT molecular complexity index is 1530. The first-order chi connectivity index (χ1) is 20.1. The second-order valence-corrected chi connectivity index (χ2v) is 12.0. The van der Waals surface area contributed by atoms with Crippen molar-refractivity contribution >= 4 is 5.97 Å². The van der Waals surface area contributed by atoms with E-state index >= 15 is 4.39 Å². The van der Waals surface area contributed by atoms with Crippen molar-refractivity contribution in [1.29, 1.82) is 0 Å². The Morgan fingerprint density at radius 2 is 1.77 bits per heavy atom. The van der Waals surface area contributed by atoms with E-state index in [9.17, 15) is 23.1 Å². The number of carbonyl (C=O) groups is 1. The number of benzene rings is 3. The van der Waals surface area contributed by atoms with Crippen LogP contribution in [0.15, 0.2) is 36.4 Å². The Kier molecular flexibility index (Phi) is 8.11.